The molecule has 0 saturated heterocycles. The molecule has 0 bridgehead atoms. The normalized spacial score (nSPS) is 10.9. The van der Waals surface area contributed by atoms with E-state index in [9.17, 15) is 18.0 Å². The van der Waals surface area contributed by atoms with Crippen LogP contribution in [-0.2, 0) is 0 Å². The van der Waals surface area contributed by atoms with E-state index in [1.165, 1.54) is 50.6 Å². The van der Waals surface area contributed by atoms with Gasteiger partial charge in [-0.1, -0.05) is 12.1 Å². The summed E-state index contributed by atoms with van der Waals surface area (Å²) < 4.78 is 51.3. The van der Waals surface area contributed by atoms with E-state index in [2.05, 4.69) is 10.1 Å². The van der Waals surface area contributed by atoms with Gasteiger partial charge in [0.2, 0.25) is 0 Å². The molecule has 0 aromatic heterocycles. The molecule has 0 aliphatic carbocycles. The number of anilines is 1. The van der Waals surface area contributed by atoms with Gasteiger partial charge in [0.25, 0.3) is 5.91 Å². The summed E-state index contributed by atoms with van der Waals surface area (Å²) in [5.41, 5.74) is 0.0257. The molecule has 0 saturated carbocycles. The van der Waals surface area contributed by atoms with Crippen molar-refractivity contribution < 1.29 is 32.2 Å². The third-order valence-corrected chi connectivity index (χ3v) is 3.01. The molecule has 0 aliphatic heterocycles. The number of hydrogen-bond acceptors (Lipinski definition) is 4. The van der Waals surface area contributed by atoms with Gasteiger partial charge >= 0.3 is 6.36 Å². The Hall–Kier alpha value is -2.90. The molecule has 24 heavy (non-hydrogen) atoms. The number of carbonyl (C=O) groups is 1. The van der Waals surface area contributed by atoms with Crippen molar-refractivity contribution in [2.24, 2.45) is 0 Å². The maximum atomic E-state index is 12.4. The van der Waals surface area contributed by atoms with Crippen molar-refractivity contribution >= 4 is 11.6 Å². The number of benzene rings is 2. The molecule has 0 fully saturated rings. The fourth-order valence-electron chi connectivity index (χ4n) is 1.96. The van der Waals surface area contributed by atoms with E-state index in [-0.39, 0.29) is 17.0 Å². The first-order valence-electron chi connectivity index (χ1n) is 6.72. The minimum absolute atomic E-state index is 0.113. The van der Waals surface area contributed by atoms with Gasteiger partial charge in [-0.15, -0.1) is 13.2 Å². The fraction of sp³-hybridized carbons (Fsp3) is 0.188. The maximum absolute atomic E-state index is 12.4. The molecule has 2 rings (SSSR count). The smallest absolute Gasteiger partial charge is 0.497 e. The Balaban J connectivity index is 2.28. The first-order valence-corrected chi connectivity index (χ1v) is 6.72. The second kappa shape index (κ2) is 7.12. The Morgan fingerprint density at radius 2 is 1.71 bits per heavy atom. The summed E-state index contributed by atoms with van der Waals surface area (Å²) in [6.07, 6.45) is -4.86. The molecule has 0 unspecified atom stereocenters. The number of alkyl halides is 3. The van der Waals surface area contributed by atoms with Crippen LogP contribution in [0.15, 0.2) is 42.5 Å². The molecule has 8 heteroatoms. The Morgan fingerprint density at radius 1 is 1.00 bits per heavy atom. The largest absolute Gasteiger partial charge is 0.573 e. The second-order valence-electron chi connectivity index (χ2n) is 4.56. The second-order valence-corrected chi connectivity index (χ2v) is 4.56. The molecule has 2 aromatic carbocycles. The minimum atomic E-state index is -4.86. The van der Waals surface area contributed by atoms with Crippen LogP contribution in [0.4, 0.5) is 18.9 Å². The van der Waals surface area contributed by atoms with Crippen molar-refractivity contribution in [1.29, 1.82) is 0 Å². The zero-order valence-corrected chi connectivity index (χ0v) is 12.8. The van der Waals surface area contributed by atoms with Crippen molar-refractivity contribution in [1.82, 2.24) is 0 Å². The number of methoxy groups -OCH3 is 2. The van der Waals surface area contributed by atoms with E-state index in [0.717, 1.165) is 6.07 Å². The zero-order valence-electron chi connectivity index (χ0n) is 12.8. The molecule has 128 valence electrons. The van der Waals surface area contributed by atoms with Crippen LogP contribution in [0.5, 0.6) is 17.2 Å². The molecular weight excluding hydrogens is 327 g/mol. The van der Waals surface area contributed by atoms with Gasteiger partial charge in [0.05, 0.1) is 25.5 Å². The summed E-state index contributed by atoms with van der Waals surface area (Å²) in [4.78, 5) is 12.3. The molecule has 2 aromatic rings. The van der Waals surface area contributed by atoms with E-state index >= 15 is 0 Å². The predicted octanol–water partition coefficient (Wildman–Crippen LogP) is 3.85. The van der Waals surface area contributed by atoms with Crippen molar-refractivity contribution in [3.63, 3.8) is 0 Å². The van der Waals surface area contributed by atoms with Crippen LogP contribution in [0.1, 0.15) is 10.4 Å². The summed E-state index contributed by atoms with van der Waals surface area (Å²) in [5.74, 6) is -0.455. The first-order chi connectivity index (χ1) is 11.3. The highest BCUT2D eigenvalue weighted by molar-refractivity contribution is 6.07. The molecule has 5 nitrogen and oxygen atoms in total. The predicted molar refractivity (Wildman–Crippen MR) is 80.6 cm³/mol. The molecule has 1 N–H and O–H groups in total. The highest BCUT2D eigenvalue weighted by Crippen LogP contribution is 2.31. The average Bonchev–Trinajstić information content (AvgIpc) is 2.54. The average molecular weight is 341 g/mol. The van der Waals surface area contributed by atoms with E-state index in [1.54, 1.807) is 0 Å². The van der Waals surface area contributed by atoms with Gasteiger partial charge in [-0.25, -0.2) is 0 Å². The van der Waals surface area contributed by atoms with Gasteiger partial charge < -0.3 is 19.5 Å². The van der Waals surface area contributed by atoms with Crippen molar-refractivity contribution in [2.45, 2.75) is 6.36 Å². The van der Waals surface area contributed by atoms with Crippen molar-refractivity contribution in [3.05, 3.63) is 48.0 Å². The standard InChI is InChI=1S/C16H14F3NO4/c1-22-10-7-8-11(14(9-10)23-2)15(21)20-12-5-3-4-6-13(12)24-16(17,18)19/h3-9H,1-2H3,(H,20,21). The number of halogens is 3. The number of nitrogens with one attached hydrogen (secondary N) is 1. The van der Waals surface area contributed by atoms with Crippen molar-refractivity contribution in [2.75, 3.05) is 19.5 Å². The van der Waals surface area contributed by atoms with Crippen LogP contribution in [0.2, 0.25) is 0 Å². The SMILES string of the molecule is COc1ccc(C(=O)Nc2ccccc2OC(F)(F)F)c(OC)c1. The third kappa shape index (κ3) is 4.31. The van der Waals surface area contributed by atoms with Gasteiger partial charge in [0.1, 0.15) is 11.5 Å². The monoisotopic (exact) mass is 341 g/mol. The number of amides is 1. The van der Waals surface area contributed by atoms with E-state index in [0.29, 0.717) is 5.75 Å². The molecule has 0 aliphatic rings. The molecule has 1 amide bonds. The third-order valence-electron chi connectivity index (χ3n) is 3.01. The number of rotatable bonds is 5. The Morgan fingerprint density at radius 3 is 2.33 bits per heavy atom. The quantitative estimate of drug-likeness (QED) is 0.897. The van der Waals surface area contributed by atoms with Crippen LogP contribution < -0.4 is 19.5 Å². The summed E-state index contributed by atoms with van der Waals surface area (Å²) in [6, 6.07) is 9.72. The zero-order chi connectivity index (χ0) is 17.7. The summed E-state index contributed by atoms with van der Waals surface area (Å²) in [6.45, 7) is 0. The summed E-state index contributed by atoms with van der Waals surface area (Å²) in [5, 5.41) is 2.38. The molecular formula is C16H14F3NO4. The van der Waals surface area contributed by atoms with Gasteiger partial charge in [0.15, 0.2) is 5.75 Å². The molecule has 0 atom stereocenters. The highest BCUT2D eigenvalue weighted by Gasteiger charge is 2.32. The summed E-state index contributed by atoms with van der Waals surface area (Å²) >= 11 is 0. The van der Waals surface area contributed by atoms with Crippen LogP contribution in [0.25, 0.3) is 0 Å². The van der Waals surface area contributed by atoms with Crippen molar-refractivity contribution in [3.8, 4) is 17.2 Å². The van der Waals surface area contributed by atoms with Crippen LogP contribution in [-0.4, -0.2) is 26.5 Å². The van der Waals surface area contributed by atoms with Gasteiger partial charge in [-0.2, -0.15) is 0 Å². The number of ether oxygens (including phenoxy) is 3. The highest BCUT2D eigenvalue weighted by atomic mass is 19.4. The van der Waals surface area contributed by atoms with Gasteiger partial charge in [0, 0.05) is 6.07 Å². The van der Waals surface area contributed by atoms with Crippen LogP contribution >= 0.6 is 0 Å². The molecule has 0 radical (unpaired) electrons. The Bertz CT molecular complexity index is 732. The lowest BCUT2D eigenvalue weighted by atomic mass is 10.1. The first kappa shape index (κ1) is 17.5. The lowest BCUT2D eigenvalue weighted by molar-refractivity contribution is -0.274. The topological polar surface area (TPSA) is 56.8 Å². The lowest BCUT2D eigenvalue weighted by Crippen LogP contribution is -2.19. The van der Waals surface area contributed by atoms with Gasteiger partial charge in [-0.3, -0.25) is 4.79 Å². The van der Waals surface area contributed by atoms with Crippen LogP contribution in [0, 0.1) is 0 Å². The number of para-hydroxylation sites is 2. The van der Waals surface area contributed by atoms with Gasteiger partial charge in [-0.05, 0) is 24.3 Å². The minimum Gasteiger partial charge on any atom is -0.497 e. The molecule has 0 heterocycles. The fourth-order valence-corrected chi connectivity index (χ4v) is 1.96. The van der Waals surface area contributed by atoms with E-state index < -0.39 is 18.0 Å². The summed E-state index contributed by atoms with van der Waals surface area (Å²) in [7, 11) is 2.82. The maximum Gasteiger partial charge on any atom is 0.573 e. The van der Waals surface area contributed by atoms with E-state index in [1.807, 2.05) is 0 Å². The van der Waals surface area contributed by atoms with Crippen LogP contribution in [0.3, 0.4) is 0 Å². The van der Waals surface area contributed by atoms with E-state index in [4.69, 9.17) is 9.47 Å². The number of hydrogen-bond donors (Lipinski definition) is 1. The number of carbonyl (C=O) groups excluding carboxylic acids is 1. The molecule has 0 spiro atoms. The Labute approximate surface area is 135 Å². The lowest BCUT2D eigenvalue weighted by Gasteiger charge is -2.15. The Kier molecular flexibility index (Phi) is 5.18.